The Balaban J connectivity index is 1.47. The summed E-state index contributed by atoms with van der Waals surface area (Å²) >= 11 is 3.35. The van der Waals surface area contributed by atoms with Gasteiger partial charge >= 0.3 is 0 Å². The summed E-state index contributed by atoms with van der Waals surface area (Å²) in [4.78, 5) is 11.9. The molecule has 0 saturated carbocycles. The first-order valence-electron chi connectivity index (χ1n) is 9.69. The molecule has 0 aromatic heterocycles. The number of nitrogens with zero attached hydrogens (tertiary/aromatic N) is 1. The number of benzene rings is 3. The fourth-order valence-electron chi connectivity index (χ4n) is 2.70. The number of carbonyl (C=O) groups is 1. The van der Waals surface area contributed by atoms with Crippen molar-refractivity contribution < 1.29 is 19.0 Å². The summed E-state index contributed by atoms with van der Waals surface area (Å²) in [6.07, 6.45) is 2.34. The van der Waals surface area contributed by atoms with Crippen molar-refractivity contribution in [2.24, 2.45) is 5.10 Å². The molecule has 7 heteroatoms. The summed E-state index contributed by atoms with van der Waals surface area (Å²) in [6.45, 7) is 0.415. The van der Waals surface area contributed by atoms with E-state index in [0.717, 1.165) is 16.5 Å². The van der Waals surface area contributed by atoms with Crippen LogP contribution in [-0.4, -0.2) is 32.4 Å². The molecule has 0 aliphatic rings. The highest BCUT2D eigenvalue weighted by atomic mass is 79.9. The van der Waals surface area contributed by atoms with E-state index in [9.17, 15) is 4.79 Å². The van der Waals surface area contributed by atoms with Crippen LogP contribution in [0.1, 0.15) is 11.1 Å². The third-order valence-electron chi connectivity index (χ3n) is 4.27. The van der Waals surface area contributed by atoms with Crippen LogP contribution in [0, 0.1) is 0 Å². The predicted octanol–water partition coefficient (Wildman–Crippen LogP) is 4.61. The van der Waals surface area contributed by atoms with Gasteiger partial charge in [-0.3, -0.25) is 4.79 Å². The number of hydrogen-bond donors (Lipinski definition) is 1. The van der Waals surface area contributed by atoms with Crippen molar-refractivity contribution in [3.05, 3.63) is 88.4 Å². The molecule has 0 unspecified atom stereocenters. The molecule has 0 bridgehead atoms. The molecule has 0 spiro atoms. The molecule has 1 amide bonds. The molecular weight excluding hydrogens is 460 g/mol. The third kappa shape index (κ3) is 7.46. The zero-order valence-electron chi connectivity index (χ0n) is 17.1. The largest absolute Gasteiger partial charge is 0.493 e. The van der Waals surface area contributed by atoms with Gasteiger partial charge in [0, 0.05) is 10.9 Å². The second-order valence-corrected chi connectivity index (χ2v) is 7.45. The molecule has 3 aromatic rings. The maximum atomic E-state index is 11.9. The Labute approximate surface area is 190 Å². The molecule has 0 fully saturated rings. The van der Waals surface area contributed by atoms with Crippen LogP contribution in [0.5, 0.6) is 17.2 Å². The van der Waals surface area contributed by atoms with Gasteiger partial charge in [-0.2, -0.15) is 5.10 Å². The zero-order valence-corrected chi connectivity index (χ0v) is 18.7. The van der Waals surface area contributed by atoms with Gasteiger partial charge in [0.15, 0.2) is 18.1 Å². The molecule has 0 atom stereocenters. The van der Waals surface area contributed by atoms with Crippen molar-refractivity contribution in [2.45, 2.75) is 6.42 Å². The number of rotatable bonds is 10. The van der Waals surface area contributed by atoms with Crippen molar-refractivity contribution in [1.82, 2.24) is 5.43 Å². The Bertz CT molecular complexity index is 1010. The van der Waals surface area contributed by atoms with E-state index in [1.165, 1.54) is 11.8 Å². The first-order valence-corrected chi connectivity index (χ1v) is 10.5. The first kappa shape index (κ1) is 22.4. The maximum absolute atomic E-state index is 11.9. The van der Waals surface area contributed by atoms with Crippen LogP contribution in [0.15, 0.2) is 82.4 Å². The van der Waals surface area contributed by atoms with E-state index in [2.05, 4.69) is 38.6 Å². The molecule has 0 heterocycles. The van der Waals surface area contributed by atoms with E-state index in [1.54, 1.807) is 25.3 Å². The molecule has 0 radical (unpaired) electrons. The Morgan fingerprint density at radius 3 is 2.52 bits per heavy atom. The van der Waals surface area contributed by atoms with Crippen molar-refractivity contribution in [3.8, 4) is 17.2 Å². The number of nitrogens with one attached hydrogen (secondary N) is 1. The number of ether oxygens (including phenoxy) is 3. The van der Waals surface area contributed by atoms with Crippen molar-refractivity contribution in [1.29, 1.82) is 0 Å². The highest BCUT2D eigenvalue weighted by Crippen LogP contribution is 2.27. The Morgan fingerprint density at radius 1 is 1.00 bits per heavy atom. The van der Waals surface area contributed by atoms with Gasteiger partial charge in [0.05, 0.1) is 19.9 Å². The number of hydrogen-bond acceptors (Lipinski definition) is 5. The SMILES string of the molecule is COc1cc(/C=N/NC(=O)COc2ccc(Br)cc2)ccc1OCCc1ccccc1. The van der Waals surface area contributed by atoms with Gasteiger partial charge in [-0.05, 0) is 53.6 Å². The number of halogens is 1. The van der Waals surface area contributed by atoms with Gasteiger partial charge in [0.25, 0.3) is 5.91 Å². The maximum Gasteiger partial charge on any atom is 0.277 e. The summed E-state index contributed by atoms with van der Waals surface area (Å²) in [7, 11) is 1.58. The quantitative estimate of drug-likeness (QED) is 0.338. The van der Waals surface area contributed by atoms with E-state index in [-0.39, 0.29) is 12.5 Å². The fraction of sp³-hybridized carbons (Fsp3) is 0.167. The van der Waals surface area contributed by atoms with Crippen LogP contribution < -0.4 is 19.6 Å². The minimum atomic E-state index is -0.355. The number of methoxy groups -OCH3 is 1. The van der Waals surface area contributed by atoms with E-state index in [1.807, 2.05) is 42.5 Å². The number of amides is 1. The average molecular weight is 483 g/mol. The van der Waals surface area contributed by atoms with Gasteiger partial charge in [-0.15, -0.1) is 0 Å². The molecule has 160 valence electrons. The predicted molar refractivity (Wildman–Crippen MR) is 124 cm³/mol. The highest BCUT2D eigenvalue weighted by molar-refractivity contribution is 9.10. The van der Waals surface area contributed by atoms with Gasteiger partial charge in [-0.1, -0.05) is 46.3 Å². The second-order valence-electron chi connectivity index (χ2n) is 6.53. The molecule has 31 heavy (non-hydrogen) atoms. The molecule has 3 rings (SSSR count). The van der Waals surface area contributed by atoms with Crippen LogP contribution in [0.2, 0.25) is 0 Å². The van der Waals surface area contributed by atoms with Crippen LogP contribution in [0.4, 0.5) is 0 Å². The summed E-state index contributed by atoms with van der Waals surface area (Å²) < 4.78 is 17.6. The first-order chi connectivity index (χ1) is 15.1. The normalized spacial score (nSPS) is 10.6. The van der Waals surface area contributed by atoms with Crippen LogP contribution >= 0.6 is 15.9 Å². The van der Waals surface area contributed by atoms with E-state index in [0.29, 0.717) is 23.9 Å². The summed E-state index contributed by atoms with van der Waals surface area (Å²) in [6, 6.07) is 22.8. The Kier molecular flexibility index (Phi) is 8.48. The molecule has 1 N–H and O–H groups in total. The highest BCUT2D eigenvalue weighted by Gasteiger charge is 2.06. The van der Waals surface area contributed by atoms with Crippen LogP contribution in [0.25, 0.3) is 0 Å². The topological polar surface area (TPSA) is 69.2 Å². The van der Waals surface area contributed by atoms with Gasteiger partial charge < -0.3 is 14.2 Å². The third-order valence-corrected chi connectivity index (χ3v) is 4.79. The van der Waals surface area contributed by atoms with E-state index >= 15 is 0 Å². The minimum absolute atomic E-state index is 0.128. The molecular formula is C24H23BrN2O4. The molecule has 6 nitrogen and oxygen atoms in total. The number of hydrazone groups is 1. The minimum Gasteiger partial charge on any atom is -0.493 e. The van der Waals surface area contributed by atoms with E-state index < -0.39 is 0 Å². The fourth-order valence-corrected chi connectivity index (χ4v) is 2.96. The lowest BCUT2D eigenvalue weighted by Gasteiger charge is -2.11. The van der Waals surface area contributed by atoms with E-state index in [4.69, 9.17) is 14.2 Å². The van der Waals surface area contributed by atoms with Crippen molar-refractivity contribution in [2.75, 3.05) is 20.3 Å². The van der Waals surface area contributed by atoms with Crippen molar-refractivity contribution >= 4 is 28.1 Å². The lowest BCUT2D eigenvalue weighted by molar-refractivity contribution is -0.123. The Hall–Kier alpha value is -3.32. The lowest BCUT2D eigenvalue weighted by Crippen LogP contribution is -2.24. The van der Waals surface area contributed by atoms with Gasteiger partial charge in [0.2, 0.25) is 0 Å². The van der Waals surface area contributed by atoms with Crippen molar-refractivity contribution in [3.63, 3.8) is 0 Å². The Morgan fingerprint density at radius 2 is 1.77 bits per heavy atom. The second kappa shape index (κ2) is 11.8. The van der Waals surface area contributed by atoms with Crippen LogP contribution in [-0.2, 0) is 11.2 Å². The summed E-state index contributed by atoms with van der Waals surface area (Å²) in [5.41, 5.74) is 4.42. The number of carbonyl (C=O) groups excluding carboxylic acids is 1. The molecule has 3 aromatic carbocycles. The monoisotopic (exact) mass is 482 g/mol. The molecule has 0 aliphatic carbocycles. The lowest BCUT2D eigenvalue weighted by atomic mass is 10.2. The zero-order chi connectivity index (χ0) is 21.9. The summed E-state index contributed by atoms with van der Waals surface area (Å²) in [5.74, 6) is 1.51. The van der Waals surface area contributed by atoms with Gasteiger partial charge in [-0.25, -0.2) is 5.43 Å². The van der Waals surface area contributed by atoms with Gasteiger partial charge in [0.1, 0.15) is 5.75 Å². The summed E-state index contributed by atoms with van der Waals surface area (Å²) in [5, 5.41) is 3.97. The average Bonchev–Trinajstić information content (AvgIpc) is 2.80. The smallest absolute Gasteiger partial charge is 0.277 e. The standard InChI is InChI=1S/C24H23BrN2O4/c1-29-23-15-19(7-12-22(23)30-14-13-18-5-3-2-4-6-18)16-26-27-24(28)17-31-21-10-8-20(25)9-11-21/h2-12,15-16H,13-14,17H2,1H3,(H,27,28)/b26-16+. The molecule has 0 aliphatic heterocycles. The van der Waals surface area contributed by atoms with Crippen LogP contribution in [0.3, 0.4) is 0 Å². The molecule has 0 saturated heterocycles.